The quantitative estimate of drug-likeness (QED) is 0.156. The van der Waals surface area contributed by atoms with Crippen LogP contribution in [0.15, 0.2) is 108 Å². The van der Waals surface area contributed by atoms with Gasteiger partial charge in [-0.3, -0.25) is 4.79 Å². The SMILES string of the molecule is COc1cc(/C=N\NC(=O)COc2ccc(-c3ccccc3)cc2)ccc1OC(=O)c1ccccc1. The minimum atomic E-state index is -0.489. The summed E-state index contributed by atoms with van der Waals surface area (Å²) in [5.74, 6) is 0.325. The molecule has 0 heterocycles. The van der Waals surface area contributed by atoms with E-state index in [0.717, 1.165) is 11.1 Å². The van der Waals surface area contributed by atoms with Gasteiger partial charge < -0.3 is 14.2 Å². The maximum Gasteiger partial charge on any atom is 0.343 e. The van der Waals surface area contributed by atoms with Gasteiger partial charge >= 0.3 is 5.97 Å². The summed E-state index contributed by atoms with van der Waals surface area (Å²) in [7, 11) is 1.47. The van der Waals surface area contributed by atoms with Crippen molar-refractivity contribution >= 4 is 18.1 Å². The summed E-state index contributed by atoms with van der Waals surface area (Å²) in [5, 5.41) is 3.95. The molecule has 4 aromatic rings. The highest BCUT2D eigenvalue weighted by molar-refractivity contribution is 5.91. The van der Waals surface area contributed by atoms with Crippen molar-refractivity contribution in [2.75, 3.05) is 13.7 Å². The lowest BCUT2D eigenvalue weighted by Crippen LogP contribution is -2.24. The number of rotatable bonds is 9. The first-order chi connectivity index (χ1) is 17.6. The number of esters is 1. The second-order valence-corrected chi connectivity index (χ2v) is 7.64. The van der Waals surface area contributed by atoms with Gasteiger partial charge in [0.15, 0.2) is 18.1 Å². The predicted molar refractivity (Wildman–Crippen MR) is 138 cm³/mol. The zero-order valence-corrected chi connectivity index (χ0v) is 19.6. The second kappa shape index (κ2) is 12.0. The van der Waals surface area contributed by atoms with Crippen LogP contribution in [0.3, 0.4) is 0 Å². The highest BCUT2D eigenvalue weighted by Gasteiger charge is 2.12. The lowest BCUT2D eigenvalue weighted by molar-refractivity contribution is -0.123. The number of carbonyl (C=O) groups excluding carboxylic acids is 2. The lowest BCUT2D eigenvalue weighted by Gasteiger charge is -2.10. The summed E-state index contributed by atoms with van der Waals surface area (Å²) in [6.07, 6.45) is 1.46. The van der Waals surface area contributed by atoms with Crippen molar-refractivity contribution in [2.45, 2.75) is 0 Å². The fraction of sp³-hybridized carbons (Fsp3) is 0.0690. The number of methoxy groups -OCH3 is 1. The predicted octanol–water partition coefficient (Wildman–Crippen LogP) is 5.11. The summed E-state index contributed by atoms with van der Waals surface area (Å²) >= 11 is 0. The number of benzene rings is 4. The van der Waals surface area contributed by atoms with Gasteiger partial charge in [0, 0.05) is 0 Å². The summed E-state index contributed by atoms with van der Waals surface area (Å²) in [6, 6.07) is 31.1. The van der Waals surface area contributed by atoms with Gasteiger partial charge in [0.25, 0.3) is 5.91 Å². The molecule has 0 aliphatic carbocycles. The van der Waals surface area contributed by atoms with E-state index in [1.54, 1.807) is 42.5 Å². The molecule has 0 radical (unpaired) electrons. The second-order valence-electron chi connectivity index (χ2n) is 7.64. The van der Waals surface area contributed by atoms with E-state index < -0.39 is 11.9 Å². The van der Waals surface area contributed by atoms with E-state index >= 15 is 0 Å². The van der Waals surface area contributed by atoms with E-state index in [1.165, 1.54) is 13.3 Å². The van der Waals surface area contributed by atoms with E-state index in [-0.39, 0.29) is 12.4 Å². The molecule has 7 nitrogen and oxygen atoms in total. The molecule has 7 heteroatoms. The number of ether oxygens (including phenoxy) is 3. The Kier molecular flexibility index (Phi) is 8.07. The number of nitrogens with one attached hydrogen (secondary N) is 1. The number of amides is 1. The molecular formula is C29H24N2O5. The topological polar surface area (TPSA) is 86.2 Å². The highest BCUT2D eigenvalue weighted by atomic mass is 16.6. The van der Waals surface area contributed by atoms with Crippen molar-refractivity contribution < 1.29 is 23.8 Å². The van der Waals surface area contributed by atoms with E-state index in [1.807, 2.05) is 60.7 Å². The number of nitrogens with zero attached hydrogens (tertiary/aromatic N) is 1. The van der Waals surface area contributed by atoms with Crippen LogP contribution in [0.5, 0.6) is 17.2 Å². The van der Waals surface area contributed by atoms with Gasteiger partial charge in [-0.25, -0.2) is 10.2 Å². The van der Waals surface area contributed by atoms with Crippen LogP contribution in [0.25, 0.3) is 11.1 Å². The van der Waals surface area contributed by atoms with Gasteiger partial charge in [0.05, 0.1) is 18.9 Å². The molecule has 0 bridgehead atoms. The molecule has 0 unspecified atom stereocenters. The maximum atomic E-state index is 12.3. The van der Waals surface area contributed by atoms with Gasteiger partial charge in [0.2, 0.25) is 0 Å². The molecule has 0 aliphatic heterocycles. The molecule has 4 rings (SSSR count). The van der Waals surface area contributed by atoms with Crippen molar-refractivity contribution in [1.29, 1.82) is 0 Å². The molecule has 1 N–H and O–H groups in total. The Balaban J connectivity index is 1.28. The van der Waals surface area contributed by atoms with Gasteiger partial charge in [-0.05, 0) is 59.2 Å². The molecular weight excluding hydrogens is 456 g/mol. The smallest absolute Gasteiger partial charge is 0.343 e. The van der Waals surface area contributed by atoms with E-state index in [2.05, 4.69) is 10.5 Å². The van der Waals surface area contributed by atoms with Crippen LogP contribution in [-0.4, -0.2) is 31.8 Å². The first-order valence-corrected chi connectivity index (χ1v) is 11.2. The fourth-order valence-corrected chi connectivity index (χ4v) is 3.32. The minimum Gasteiger partial charge on any atom is -0.493 e. The molecule has 180 valence electrons. The lowest BCUT2D eigenvalue weighted by atomic mass is 10.1. The third-order valence-electron chi connectivity index (χ3n) is 5.13. The van der Waals surface area contributed by atoms with Crippen molar-refractivity contribution in [3.63, 3.8) is 0 Å². The Labute approximate surface area is 209 Å². The van der Waals surface area contributed by atoms with Crippen LogP contribution < -0.4 is 19.6 Å². The first kappa shape index (κ1) is 24.2. The third kappa shape index (κ3) is 6.57. The molecule has 0 saturated heterocycles. The van der Waals surface area contributed by atoms with Gasteiger partial charge in [-0.15, -0.1) is 0 Å². The molecule has 0 atom stereocenters. The Morgan fingerprint density at radius 1 is 0.806 bits per heavy atom. The number of carbonyl (C=O) groups is 2. The number of hydrogen-bond acceptors (Lipinski definition) is 6. The Morgan fingerprint density at radius 2 is 1.47 bits per heavy atom. The van der Waals surface area contributed by atoms with E-state index in [0.29, 0.717) is 22.6 Å². The monoisotopic (exact) mass is 480 g/mol. The minimum absolute atomic E-state index is 0.181. The highest BCUT2D eigenvalue weighted by Crippen LogP contribution is 2.28. The van der Waals surface area contributed by atoms with Crippen LogP contribution in [0.2, 0.25) is 0 Å². The van der Waals surface area contributed by atoms with E-state index in [9.17, 15) is 9.59 Å². The van der Waals surface area contributed by atoms with E-state index in [4.69, 9.17) is 14.2 Å². The van der Waals surface area contributed by atoms with Crippen molar-refractivity contribution in [2.24, 2.45) is 5.10 Å². The molecule has 36 heavy (non-hydrogen) atoms. The third-order valence-corrected chi connectivity index (χ3v) is 5.13. The van der Waals surface area contributed by atoms with Gasteiger partial charge in [0.1, 0.15) is 5.75 Å². The van der Waals surface area contributed by atoms with Crippen LogP contribution >= 0.6 is 0 Å². The molecule has 0 aromatic heterocycles. The van der Waals surface area contributed by atoms with Crippen molar-refractivity contribution in [3.8, 4) is 28.4 Å². The maximum absolute atomic E-state index is 12.3. The molecule has 0 saturated carbocycles. The van der Waals surface area contributed by atoms with Gasteiger partial charge in [-0.1, -0.05) is 60.7 Å². The average Bonchev–Trinajstić information content (AvgIpc) is 2.94. The summed E-state index contributed by atoms with van der Waals surface area (Å²) in [5.41, 5.74) is 5.67. The van der Waals surface area contributed by atoms with Crippen molar-refractivity contribution in [1.82, 2.24) is 5.43 Å². The largest absolute Gasteiger partial charge is 0.493 e. The van der Waals surface area contributed by atoms with Crippen LogP contribution in [-0.2, 0) is 4.79 Å². The Morgan fingerprint density at radius 3 is 2.17 bits per heavy atom. The number of hydrazone groups is 1. The standard InChI is InChI=1S/C29H24N2O5/c1-34-27-18-21(12-17-26(27)36-29(33)24-10-6-3-7-11-24)19-30-31-28(32)20-35-25-15-13-23(14-16-25)22-8-4-2-5-9-22/h2-19H,20H2,1H3,(H,31,32)/b30-19-. The molecule has 0 fully saturated rings. The Hall–Kier alpha value is -4.91. The summed E-state index contributed by atoms with van der Waals surface area (Å²) in [4.78, 5) is 24.4. The Bertz CT molecular complexity index is 1340. The van der Waals surface area contributed by atoms with Crippen LogP contribution in [0, 0.1) is 0 Å². The van der Waals surface area contributed by atoms with Crippen LogP contribution in [0.1, 0.15) is 15.9 Å². The molecule has 1 amide bonds. The zero-order chi connectivity index (χ0) is 25.2. The summed E-state index contributed by atoms with van der Waals surface area (Å²) < 4.78 is 16.3. The fourth-order valence-electron chi connectivity index (χ4n) is 3.32. The average molecular weight is 481 g/mol. The number of hydrogen-bond donors (Lipinski definition) is 1. The first-order valence-electron chi connectivity index (χ1n) is 11.2. The summed E-state index contributed by atoms with van der Waals surface area (Å²) in [6.45, 7) is -0.181. The molecule has 4 aromatic carbocycles. The zero-order valence-electron chi connectivity index (χ0n) is 19.6. The van der Waals surface area contributed by atoms with Gasteiger partial charge in [-0.2, -0.15) is 5.10 Å². The molecule has 0 aliphatic rings. The van der Waals surface area contributed by atoms with Crippen LogP contribution in [0.4, 0.5) is 0 Å². The molecule has 0 spiro atoms. The van der Waals surface area contributed by atoms with Crippen molar-refractivity contribution in [3.05, 3.63) is 114 Å². The normalized spacial score (nSPS) is 10.6.